The molecule has 0 heterocycles. The molecule has 1 nitrogen and oxygen atoms in total. The van der Waals surface area contributed by atoms with Gasteiger partial charge in [-0.15, -0.1) is 0 Å². The highest BCUT2D eigenvalue weighted by atomic mass is 79.9. The van der Waals surface area contributed by atoms with Crippen LogP contribution >= 0.6 is 27.5 Å². The Morgan fingerprint density at radius 2 is 1.50 bits per heavy atom. The first kappa shape index (κ1) is 13.6. The van der Waals surface area contributed by atoms with E-state index in [1.54, 1.807) is 12.1 Å². The number of benzene rings is 3. The summed E-state index contributed by atoms with van der Waals surface area (Å²) in [5, 5.41) is 13.4. The minimum absolute atomic E-state index is 0.662. The van der Waals surface area contributed by atoms with Crippen LogP contribution in [-0.2, 0) is 0 Å². The van der Waals surface area contributed by atoms with Gasteiger partial charge in [0, 0.05) is 9.50 Å². The summed E-state index contributed by atoms with van der Waals surface area (Å²) in [4.78, 5) is 0. The third kappa shape index (κ3) is 2.47. The van der Waals surface area contributed by atoms with Crippen LogP contribution in [0.25, 0.3) is 10.8 Å². The number of fused-ring (bicyclic) bond motifs is 1. The second kappa shape index (κ2) is 5.57. The van der Waals surface area contributed by atoms with E-state index in [9.17, 15) is 5.11 Å². The predicted molar refractivity (Wildman–Crippen MR) is 87.2 cm³/mol. The van der Waals surface area contributed by atoms with Crippen LogP contribution in [-0.4, -0.2) is 5.11 Å². The number of rotatable bonds is 2. The number of hydrogen-bond acceptors (Lipinski definition) is 1. The summed E-state index contributed by atoms with van der Waals surface area (Å²) >= 11 is 9.44. The number of aliphatic hydroxyl groups excluding tert-OH is 1. The molecule has 0 aromatic heterocycles. The molecule has 1 N–H and O–H groups in total. The van der Waals surface area contributed by atoms with Gasteiger partial charge in [0.25, 0.3) is 0 Å². The Morgan fingerprint density at radius 1 is 0.850 bits per heavy atom. The van der Waals surface area contributed by atoms with Crippen LogP contribution in [0.15, 0.2) is 65.1 Å². The van der Waals surface area contributed by atoms with E-state index in [2.05, 4.69) is 15.9 Å². The van der Waals surface area contributed by atoms with E-state index in [1.165, 1.54) is 0 Å². The zero-order valence-electron chi connectivity index (χ0n) is 10.6. The van der Waals surface area contributed by atoms with Gasteiger partial charge >= 0.3 is 0 Å². The van der Waals surface area contributed by atoms with Crippen molar-refractivity contribution < 1.29 is 5.11 Å². The third-order valence-electron chi connectivity index (χ3n) is 3.38. The first-order chi connectivity index (χ1) is 9.66. The van der Waals surface area contributed by atoms with Crippen LogP contribution in [0.3, 0.4) is 0 Å². The Hall–Kier alpha value is -1.35. The smallest absolute Gasteiger partial charge is 0.105 e. The molecule has 1 unspecified atom stereocenters. The summed E-state index contributed by atoms with van der Waals surface area (Å²) in [5.74, 6) is 0. The van der Waals surface area contributed by atoms with Crippen LogP contribution < -0.4 is 0 Å². The molecule has 3 aromatic rings. The monoisotopic (exact) mass is 346 g/mol. The molecule has 3 rings (SSSR count). The van der Waals surface area contributed by atoms with Gasteiger partial charge in [0.2, 0.25) is 0 Å². The summed E-state index contributed by atoms with van der Waals surface area (Å²) in [6.07, 6.45) is -0.662. The second-order valence-corrected chi connectivity index (χ2v) is 5.93. The lowest BCUT2D eigenvalue weighted by molar-refractivity contribution is 0.222. The summed E-state index contributed by atoms with van der Waals surface area (Å²) in [7, 11) is 0. The van der Waals surface area contributed by atoms with Crippen molar-refractivity contribution in [1.82, 2.24) is 0 Å². The molecule has 1 atom stereocenters. The SMILES string of the molecule is OC(c1ccc(Cl)cc1)c1ccc(Br)c2ccccc12. The van der Waals surface area contributed by atoms with E-state index in [-0.39, 0.29) is 0 Å². The van der Waals surface area contributed by atoms with Crippen molar-refractivity contribution in [2.24, 2.45) is 0 Å². The van der Waals surface area contributed by atoms with Gasteiger partial charge in [0.15, 0.2) is 0 Å². The highest BCUT2D eigenvalue weighted by Gasteiger charge is 2.14. The molecule has 0 radical (unpaired) electrons. The van der Waals surface area contributed by atoms with Crippen LogP contribution in [0, 0.1) is 0 Å². The molecular formula is C17H12BrClO. The number of aliphatic hydroxyl groups is 1. The molecule has 20 heavy (non-hydrogen) atoms. The zero-order chi connectivity index (χ0) is 14.1. The average molecular weight is 348 g/mol. The first-order valence-electron chi connectivity index (χ1n) is 6.27. The normalized spacial score (nSPS) is 12.6. The van der Waals surface area contributed by atoms with Crippen molar-refractivity contribution in [3.8, 4) is 0 Å². The maximum atomic E-state index is 10.6. The minimum Gasteiger partial charge on any atom is -0.384 e. The minimum atomic E-state index is -0.662. The lowest BCUT2D eigenvalue weighted by Gasteiger charge is -2.15. The molecule has 0 bridgehead atoms. The van der Waals surface area contributed by atoms with E-state index in [0.717, 1.165) is 26.4 Å². The molecule has 0 saturated heterocycles. The van der Waals surface area contributed by atoms with Crippen molar-refractivity contribution in [3.63, 3.8) is 0 Å². The molecule has 100 valence electrons. The maximum Gasteiger partial charge on any atom is 0.105 e. The van der Waals surface area contributed by atoms with Gasteiger partial charge in [0.05, 0.1) is 0 Å². The summed E-state index contributed by atoms with van der Waals surface area (Å²) in [6, 6.07) is 19.2. The fourth-order valence-corrected chi connectivity index (χ4v) is 2.95. The van der Waals surface area contributed by atoms with Crippen LogP contribution in [0.1, 0.15) is 17.2 Å². The topological polar surface area (TPSA) is 20.2 Å². The van der Waals surface area contributed by atoms with Gasteiger partial charge in [-0.25, -0.2) is 0 Å². The van der Waals surface area contributed by atoms with Gasteiger partial charge in [-0.1, -0.05) is 70.0 Å². The standard InChI is InChI=1S/C17H12BrClO/c18-16-10-9-15(13-3-1-2-4-14(13)16)17(20)11-5-7-12(19)8-6-11/h1-10,17,20H. The highest BCUT2D eigenvalue weighted by molar-refractivity contribution is 9.10. The second-order valence-electron chi connectivity index (χ2n) is 4.64. The molecule has 0 saturated carbocycles. The van der Waals surface area contributed by atoms with Gasteiger partial charge < -0.3 is 5.11 Å². The van der Waals surface area contributed by atoms with Crippen molar-refractivity contribution >= 4 is 38.3 Å². The zero-order valence-corrected chi connectivity index (χ0v) is 12.9. The van der Waals surface area contributed by atoms with E-state index in [4.69, 9.17) is 11.6 Å². The predicted octanol–water partition coefficient (Wildman–Crippen LogP) is 5.34. The van der Waals surface area contributed by atoms with Crippen molar-refractivity contribution in [2.45, 2.75) is 6.10 Å². The molecule has 0 aliphatic heterocycles. The Kier molecular flexibility index (Phi) is 3.79. The van der Waals surface area contributed by atoms with E-state index in [0.29, 0.717) is 5.02 Å². The molecule has 0 spiro atoms. The molecule has 0 amide bonds. The van der Waals surface area contributed by atoms with Crippen molar-refractivity contribution in [2.75, 3.05) is 0 Å². The fraction of sp³-hybridized carbons (Fsp3) is 0.0588. The highest BCUT2D eigenvalue weighted by Crippen LogP contribution is 2.33. The fourth-order valence-electron chi connectivity index (χ4n) is 2.35. The Bertz CT molecular complexity index is 753. The van der Waals surface area contributed by atoms with E-state index >= 15 is 0 Å². The Labute approximate surface area is 131 Å². The van der Waals surface area contributed by atoms with E-state index in [1.807, 2.05) is 48.5 Å². The summed E-state index contributed by atoms with van der Waals surface area (Å²) in [5.41, 5.74) is 1.73. The molecule has 0 aliphatic carbocycles. The average Bonchev–Trinajstić information content (AvgIpc) is 2.48. The number of halogens is 2. The van der Waals surface area contributed by atoms with Gasteiger partial charge in [-0.05, 0) is 40.1 Å². The summed E-state index contributed by atoms with van der Waals surface area (Å²) < 4.78 is 1.03. The molecule has 0 aliphatic rings. The van der Waals surface area contributed by atoms with Gasteiger partial charge in [0.1, 0.15) is 6.10 Å². The first-order valence-corrected chi connectivity index (χ1v) is 7.44. The van der Waals surface area contributed by atoms with E-state index < -0.39 is 6.10 Å². The summed E-state index contributed by atoms with van der Waals surface area (Å²) in [6.45, 7) is 0. The van der Waals surface area contributed by atoms with Crippen LogP contribution in [0.2, 0.25) is 5.02 Å². The van der Waals surface area contributed by atoms with Crippen molar-refractivity contribution in [3.05, 3.63) is 81.3 Å². The Balaban J connectivity index is 2.14. The number of hydrogen-bond donors (Lipinski definition) is 1. The molecule has 3 aromatic carbocycles. The maximum absolute atomic E-state index is 10.6. The third-order valence-corrected chi connectivity index (χ3v) is 4.33. The van der Waals surface area contributed by atoms with Crippen molar-refractivity contribution in [1.29, 1.82) is 0 Å². The van der Waals surface area contributed by atoms with Crippen LogP contribution in [0.4, 0.5) is 0 Å². The Morgan fingerprint density at radius 3 is 2.20 bits per heavy atom. The molecule has 0 fully saturated rings. The largest absolute Gasteiger partial charge is 0.384 e. The quantitative estimate of drug-likeness (QED) is 0.663. The molecular weight excluding hydrogens is 336 g/mol. The van der Waals surface area contributed by atoms with Gasteiger partial charge in [-0.2, -0.15) is 0 Å². The van der Waals surface area contributed by atoms with Crippen LogP contribution in [0.5, 0.6) is 0 Å². The lowest BCUT2D eigenvalue weighted by atomic mass is 9.96. The lowest BCUT2D eigenvalue weighted by Crippen LogP contribution is -2.00. The van der Waals surface area contributed by atoms with Gasteiger partial charge in [-0.3, -0.25) is 0 Å². The molecule has 3 heteroatoms.